The highest BCUT2D eigenvalue weighted by atomic mass is 16.2. The summed E-state index contributed by atoms with van der Waals surface area (Å²) in [6.45, 7) is 4.35. The highest BCUT2D eigenvalue weighted by Crippen LogP contribution is 2.34. The van der Waals surface area contributed by atoms with Gasteiger partial charge in [-0.15, -0.1) is 0 Å². The third-order valence-electron chi connectivity index (χ3n) is 4.54. The smallest absolute Gasteiger partial charge is 0.321 e. The van der Waals surface area contributed by atoms with Crippen molar-refractivity contribution in [2.75, 3.05) is 13.6 Å². The maximum Gasteiger partial charge on any atom is 0.321 e. The van der Waals surface area contributed by atoms with Gasteiger partial charge in [0.05, 0.1) is 12.1 Å². The molecule has 18 heavy (non-hydrogen) atoms. The third kappa shape index (κ3) is 2.19. The van der Waals surface area contributed by atoms with Crippen molar-refractivity contribution in [1.29, 1.82) is 5.26 Å². The van der Waals surface area contributed by atoms with Crippen molar-refractivity contribution >= 4 is 6.03 Å². The van der Waals surface area contributed by atoms with E-state index in [0.717, 1.165) is 0 Å². The Morgan fingerprint density at radius 1 is 1.28 bits per heavy atom. The molecule has 0 aromatic rings. The zero-order valence-corrected chi connectivity index (χ0v) is 11.6. The number of likely N-dealkylation sites (N-methyl/N-ethyl adjacent to an activating group) is 1. The minimum absolute atomic E-state index is 0.0112. The van der Waals surface area contributed by atoms with Gasteiger partial charge in [0.1, 0.15) is 5.54 Å². The predicted octanol–water partition coefficient (Wildman–Crippen LogP) is 2.60. The lowest BCUT2D eigenvalue weighted by Gasteiger charge is -2.31. The Hall–Kier alpha value is -1.24. The quantitative estimate of drug-likeness (QED) is 0.755. The van der Waals surface area contributed by atoms with E-state index in [0.29, 0.717) is 18.5 Å². The third-order valence-corrected chi connectivity index (χ3v) is 4.54. The van der Waals surface area contributed by atoms with E-state index in [1.54, 1.807) is 4.90 Å². The highest BCUT2D eigenvalue weighted by Gasteiger charge is 2.45. The van der Waals surface area contributed by atoms with Gasteiger partial charge in [0.25, 0.3) is 0 Å². The molecule has 0 N–H and O–H groups in total. The van der Waals surface area contributed by atoms with E-state index in [-0.39, 0.29) is 6.03 Å². The van der Waals surface area contributed by atoms with E-state index in [1.807, 2.05) is 25.8 Å². The maximum atomic E-state index is 12.3. The molecular formula is C14H23N3O. The summed E-state index contributed by atoms with van der Waals surface area (Å²) in [7, 11) is 1.88. The van der Waals surface area contributed by atoms with Gasteiger partial charge in [0.15, 0.2) is 0 Å². The monoisotopic (exact) mass is 249 g/mol. The van der Waals surface area contributed by atoms with Gasteiger partial charge in [0, 0.05) is 13.6 Å². The van der Waals surface area contributed by atoms with Crippen LogP contribution in [0.2, 0.25) is 0 Å². The molecule has 2 amide bonds. The largest absolute Gasteiger partial charge is 0.323 e. The normalized spacial score (nSPS) is 26.6. The first-order chi connectivity index (χ1) is 8.47. The van der Waals surface area contributed by atoms with E-state index in [9.17, 15) is 10.1 Å². The number of hydrogen-bond donors (Lipinski definition) is 0. The van der Waals surface area contributed by atoms with E-state index < -0.39 is 5.54 Å². The van der Waals surface area contributed by atoms with E-state index >= 15 is 0 Å². The number of hydrogen-bond acceptors (Lipinski definition) is 2. The molecule has 1 aliphatic heterocycles. The van der Waals surface area contributed by atoms with Crippen molar-refractivity contribution in [3.8, 4) is 6.07 Å². The van der Waals surface area contributed by atoms with Gasteiger partial charge in [-0.3, -0.25) is 0 Å². The van der Waals surface area contributed by atoms with Crippen LogP contribution >= 0.6 is 0 Å². The molecule has 2 rings (SSSR count). The molecule has 0 spiro atoms. The van der Waals surface area contributed by atoms with Gasteiger partial charge < -0.3 is 9.80 Å². The zero-order valence-electron chi connectivity index (χ0n) is 11.6. The van der Waals surface area contributed by atoms with Crippen LogP contribution in [-0.4, -0.2) is 41.0 Å². The first kappa shape index (κ1) is 13.2. The second-order valence-corrected chi connectivity index (χ2v) is 6.14. The second kappa shape index (κ2) is 4.79. The van der Waals surface area contributed by atoms with Crippen molar-refractivity contribution in [2.24, 2.45) is 5.92 Å². The summed E-state index contributed by atoms with van der Waals surface area (Å²) in [6, 6.07) is 2.54. The summed E-state index contributed by atoms with van der Waals surface area (Å²) < 4.78 is 0. The molecule has 1 saturated carbocycles. The number of urea groups is 1. The number of rotatable bonds is 2. The molecule has 1 heterocycles. The molecule has 0 aromatic heterocycles. The summed E-state index contributed by atoms with van der Waals surface area (Å²) in [5, 5.41) is 9.19. The lowest BCUT2D eigenvalue weighted by atomic mass is 9.83. The number of carbonyl (C=O) groups is 1. The van der Waals surface area contributed by atoms with Crippen molar-refractivity contribution in [3.05, 3.63) is 0 Å². The van der Waals surface area contributed by atoms with Crippen LogP contribution in [0.15, 0.2) is 0 Å². The summed E-state index contributed by atoms with van der Waals surface area (Å²) in [5.74, 6) is 0.618. The summed E-state index contributed by atoms with van der Waals surface area (Å²) in [6.07, 6.45) is 6.34. The zero-order chi connectivity index (χ0) is 13.3. The standard InChI is InChI=1S/C14H23N3O/c1-14(2,10-15)17-9-12(16(3)13(17)18)11-7-5-4-6-8-11/h11-12H,4-9H2,1-3H3. The first-order valence-corrected chi connectivity index (χ1v) is 6.93. The average Bonchev–Trinajstić information content (AvgIpc) is 2.68. The van der Waals surface area contributed by atoms with Crippen LogP contribution in [0.25, 0.3) is 0 Å². The average molecular weight is 249 g/mol. The van der Waals surface area contributed by atoms with Gasteiger partial charge in [-0.05, 0) is 32.6 Å². The van der Waals surface area contributed by atoms with Crippen LogP contribution in [-0.2, 0) is 0 Å². The number of carbonyl (C=O) groups excluding carboxylic acids is 1. The second-order valence-electron chi connectivity index (χ2n) is 6.14. The van der Waals surface area contributed by atoms with Crippen LogP contribution in [0, 0.1) is 17.2 Å². The minimum Gasteiger partial charge on any atom is -0.323 e. The van der Waals surface area contributed by atoms with Gasteiger partial charge >= 0.3 is 6.03 Å². The van der Waals surface area contributed by atoms with E-state index in [1.165, 1.54) is 32.1 Å². The lowest BCUT2D eigenvalue weighted by Crippen LogP contribution is -2.44. The van der Waals surface area contributed by atoms with E-state index in [4.69, 9.17) is 0 Å². The number of nitriles is 1. The molecule has 2 aliphatic rings. The number of nitrogens with zero attached hydrogens (tertiary/aromatic N) is 3. The Morgan fingerprint density at radius 3 is 2.44 bits per heavy atom. The van der Waals surface area contributed by atoms with E-state index in [2.05, 4.69) is 6.07 Å². The molecule has 1 unspecified atom stereocenters. The van der Waals surface area contributed by atoms with Crippen molar-refractivity contribution < 1.29 is 4.79 Å². The van der Waals surface area contributed by atoms with Gasteiger partial charge in [0.2, 0.25) is 0 Å². The van der Waals surface area contributed by atoms with Crippen LogP contribution in [0.5, 0.6) is 0 Å². The Bertz CT molecular complexity index is 366. The van der Waals surface area contributed by atoms with Crippen LogP contribution in [0.1, 0.15) is 46.0 Å². The lowest BCUT2D eigenvalue weighted by molar-refractivity contribution is 0.170. The molecule has 4 heteroatoms. The molecule has 100 valence electrons. The first-order valence-electron chi connectivity index (χ1n) is 6.93. The topological polar surface area (TPSA) is 47.3 Å². The summed E-state index contributed by atoms with van der Waals surface area (Å²) in [5.41, 5.74) is -0.700. The van der Waals surface area contributed by atoms with Crippen LogP contribution < -0.4 is 0 Å². The van der Waals surface area contributed by atoms with Crippen molar-refractivity contribution in [2.45, 2.75) is 57.5 Å². The molecule has 1 atom stereocenters. The van der Waals surface area contributed by atoms with Gasteiger partial charge in [-0.1, -0.05) is 19.3 Å². The van der Waals surface area contributed by atoms with Crippen molar-refractivity contribution in [3.63, 3.8) is 0 Å². The molecular weight excluding hydrogens is 226 g/mol. The highest BCUT2D eigenvalue weighted by molar-refractivity contribution is 5.78. The molecule has 4 nitrogen and oxygen atoms in total. The Balaban J connectivity index is 2.12. The van der Waals surface area contributed by atoms with Crippen molar-refractivity contribution in [1.82, 2.24) is 9.80 Å². The SMILES string of the molecule is CN1C(=O)N(C(C)(C)C#N)CC1C1CCCCC1. The van der Waals surface area contributed by atoms with Crippen LogP contribution in [0.4, 0.5) is 4.79 Å². The van der Waals surface area contributed by atoms with Crippen LogP contribution in [0.3, 0.4) is 0 Å². The predicted molar refractivity (Wildman–Crippen MR) is 69.9 cm³/mol. The molecule has 1 aliphatic carbocycles. The minimum atomic E-state index is -0.700. The summed E-state index contributed by atoms with van der Waals surface area (Å²) in [4.78, 5) is 15.8. The molecule has 0 aromatic carbocycles. The van der Waals surface area contributed by atoms with Gasteiger partial charge in [-0.2, -0.15) is 5.26 Å². The fraction of sp³-hybridized carbons (Fsp3) is 0.857. The molecule has 0 radical (unpaired) electrons. The Kier molecular flexibility index (Phi) is 3.52. The Labute approximate surface area is 110 Å². The fourth-order valence-electron chi connectivity index (χ4n) is 3.23. The summed E-state index contributed by atoms with van der Waals surface area (Å²) >= 11 is 0. The van der Waals surface area contributed by atoms with Gasteiger partial charge in [-0.25, -0.2) is 4.79 Å². The maximum absolute atomic E-state index is 12.3. The molecule has 1 saturated heterocycles. The fourth-order valence-corrected chi connectivity index (χ4v) is 3.23. The Morgan fingerprint density at radius 2 is 1.89 bits per heavy atom. The number of amides is 2. The molecule has 0 bridgehead atoms. The molecule has 2 fully saturated rings.